The number of H-pyrrole nitrogens is 1. The minimum Gasteiger partial charge on any atom is -0.494 e. The lowest BCUT2D eigenvalue weighted by Gasteiger charge is -2.12. The van der Waals surface area contributed by atoms with Crippen LogP contribution in [0.3, 0.4) is 0 Å². The predicted molar refractivity (Wildman–Crippen MR) is 114 cm³/mol. The molecule has 0 aliphatic heterocycles. The van der Waals surface area contributed by atoms with Crippen LogP contribution in [0.15, 0.2) is 51.1 Å². The Balaban J connectivity index is 1.80. The molecular formula is C20H14ClF6N5O3. The van der Waals surface area contributed by atoms with Crippen LogP contribution < -0.4 is 16.6 Å². The topological polar surface area (TPSA) is 112 Å². The van der Waals surface area contributed by atoms with E-state index in [-0.39, 0.29) is 29.6 Å². The molecule has 0 saturated heterocycles. The summed E-state index contributed by atoms with van der Waals surface area (Å²) in [5.74, 6) is -0.953. The van der Waals surface area contributed by atoms with Crippen LogP contribution in [0.4, 0.5) is 37.8 Å². The number of aromatic amines is 1. The molecule has 3 N–H and O–H groups in total. The number of aromatic hydroxyl groups is 1. The molecular weight excluding hydrogens is 508 g/mol. The second-order valence-corrected chi connectivity index (χ2v) is 7.34. The zero-order chi connectivity index (χ0) is 26.0. The second kappa shape index (κ2) is 9.82. The van der Waals surface area contributed by atoms with Crippen LogP contribution in [-0.4, -0.2) is 32.4 Å². The standard InChI is InChI=1S/C20H14ClF6N5O3/c21-14-7-11(20(25,26)27)8-30-15(14)28-4-5-32-17(34)13(16(33)31-18(32)35)9-29-12-3-1-2-10(6-12)19(22,23)24/h1-3,6-9,34H,4-5H2,(H,28,30)(H,31,33,35). The van der Waals surface area contributed by atoms with Crippen LogP contribution in [-0.2, 0) is 18.9 Å². The van der Waals surface area contributed by atoms with Gasteiger partial charge in [-0.1, -0.05) is 17.7 Å². The van der Waals surface area contributed by atoms with E-state index in [1.165, 1.54) is 6.07 Å². The van der Waals surface area contributed by atoms with Gasteiger partial charge in [-0.05, 0) is 24.3 Å². The van der Waals surface area contributed by atoms with Crippen molar-refractivity contribution in [3.05, 3.63) is 79.1 Å². The molecule has 0 radical (unpaired) electrons. The van der Waals surface area contributed by atoms with Crippen LogP contribution in [0.2, 0.25) is 5.02 Å². The first-order valence-electron chi connectivity index (χ1n) is 9.51. The highest BCUT2D eigenvalue weighted by molar-refractivity contribution is 6.32. The summed E-state index contributed by atoms with van der Waals surface area (Å²) in [6, 6.07) is 4.55. The lowest BCUT2D eigenvalue weighted by Crippen LogP contribution is -2.33. The van der Waals surface area contributed by atoms with Crippen molar-refractivity contribution < 1.29 is 31.4 Å². The van der Waals surface area contributed by atoms with Crippen LogP contribution in [0.25, 0.3) is 0 Å². The maximum Gasteiger partial charge on any atom is 0.417 e. The minimum absolute atomic E-state index is 0.122. The van der Waals surface area contributed by atoms with Crippen LogP contribution in [0.1, 0.15) is 16.7 Å². The Morgan fingerprint density at radius 1 is 1.11 bits per heavy atom. The molecule has 1 aromatic carbocycles. The van der Waals surface area contributed by atoms with E-state index < -0.39 is 46.2 Å². The second-order valence-electron chi connectivity index (χ2n) is 6.93. The maximum atomic E-state index is 12.8. The van der Waals surface area contributed by atoms with Crippen molar-refractivity contribution in [1.29, 1.82) is 0 Å². The van der Waals surface area contributed by atoms with Gasteiger partial charge in [0.1, 0.15) is 11.4 Å². The molecule has 2 heterocycles. The zero-order valence-electron chi connectivity index (χ0n) is 17.2. The van der Waals surface area contributed by atoms with E-state index in [1.807, 2.05) is 4.98 Å². The number of aromatic nitrogens is 3. The molecule has 0 bridgehead atoms. The average Bonchev–Trinajstić information content (AvgIpc) is 2.75. The van der Waals surface area contributed by atoms with Crippen LogP contribution in [0, 0.1) is 0 Å². The summed E-state index contributed by atoms with van der Waals surface area (Å²) in [4.78, 5) is 33.4. The van der Waals surface area contributed by atoms with Gasteiger partial charge in [-0.3, -0.25) is 19.3 Å². The summed E-state index contributed by atoms with van der Waals surface area (Å²) in [6.45, 7) is -0.466. The fourth-order valence-electron chi connectivity index (χ4n) is 2.81. The van der Waals surface area contributed by atoms with Gasteiger partial charge in [0.15, 0.2) is 0 Å². The van der Waals surface area contributed by atoms with Crippen molar-refractivity contribution in [2.24, 2.45) is 4.99 Å². The van der Waals surface area contributed by atoms with Gasteiger partial charge in [0.2, 0.25) is 5.88 Å². The van der Waals surface area contributed by atoms with Crippen molar-refractivity contribution in [3.63, 3.8) is 0 Å². The average molecular weight is 522 g/mol. The molecule has 15 heteroatoms. The number of anilines is 1. The third kappa shape index (κ3) is 6.20. The molecule has 2 aromatic heterocycles. The Morgan fingerprint density at radius 2 is 1.80 bits per heavy atom. The molecule has 3 aromatic rings. The number of nitrogens with one attached hydrogen (secondary N) is 2. The highest BCUT2D eigenvalue weighted by Gasteiger charge is 2.32. The monoisotopic (exact) mass is 521 g/mol. The van der Waals surface area contributed by atoms with Gasteiger partial charge in [-0.2, -0.15) is 26.3 Å². The number of hydrogen-bond donors (Lipinski definition) is 3. The highest BCUT2D eigenvalue weighted by Crippen LogP contribution is 2.33. The van der Waals surface area contributed by atoms with Crippen LogP contribution >= 0.6 is 11.6 Å². The van der Waals surface area contributed by atoms with Gasteiger partial charge in [-0.15, -0.1) is 0 Å². The molecule has 0 unspecified atom stereocenters. The predicted octanol–water partition coefficient (Wildman–Crippen LogP) is 4.19. The molecule has 0 spiro atoms. The number of alkyl halides is 6. The Hall–Kier alpha value is -3.81. The molecule has 186 valence electrons. The summed E-state index contributed by atoms with van der Waals surface area (Å²) in [5.41, 5.74) is -4.77. The van der Waals surface area contributed by atoms with E-state index >= 15 is 0 Å². The van der Waals surface area contributed by atoms with Crippen molar-refractivity contribution >= 4 is 29.3 Å². The number of hydrogen-bond acceptors (Lipinski definition) is 6. The third-order valence-corrected chi connectivity index (χ3v) is 4.81. The van der Waals surface area contributed by atoms with Crippen molar-refractivity contribution in [3.8, 4) is 5.88 Å². The van der Waals surface area contributed by atoms with Gasteiger partial charge in [0.25, 0.3) is 5.56 Å². The minimum atomic E-state index is -4.64. The van der Waals surface area contributed by atoms with E-state index in [9.17, 15) is 41.0 Å². The largest absolute Gasteiger partial charge is 0.494 e. The maximum absolute atomic E-state index is 12.8. The Labute approximate surface area is 196 Å². The van der Waals surface area contributed by atoms with Crippen molar-refractivity contribution in [1.82, 2.24) is 14.5 Å². The number of nitrogens with zero attached hydrogens (tertiary/aromatic N) is 3. The number of rotatable bonds is 6. The molecule has 0 amide bonds. The fourth-order valence-corrected chi connectivity index (χ4v) is 3.04. The first kappa shape index (κ1) is 25.8. The Morgan fingerprint density at radius 3 is 2.43 bits per heavy atom. The normalized spacial score (nSPS) is 12.3. The SMILES string of the molecule is O=c1[nH]c(=O)n(CCNc2ncc(C(F)(F)F)cc2Cl)c(O)c1C=Nc1cccc(C(F)(F)F)c1. The number of halogens is 7. The molecule has 0 aliphatic carbocycles. The summed E-state index contributed by atoms with van der Waals surface area (Å²) < 4.78 is 77.3. The van der Waals surface area contributed by atoms with E-state index in [1.54, 1.807) is 0 Å². The first-order chi connectivity index (χ1) is 16.3. The van der Waals surface area contributed by atoms with E-state index in [2.05, 4.69) is 15.3 Å². The molecule has 0 fully saturated rings. The number of benzene rings is 1. The molecule has 8 nitrogen and oxygen atoms in total. The zero-order valence-corrected chi connectivity index (χ0v) is 18.0. The van der Waals surface area contributed by atoms with Crippen molar-refractivity contribution in [2.75, 3.05) is 11.9 Å². The third-order valence-electron chi connectivity index (χ3n) is 4.52. The van der Waals surface area contributed by atoms with Crippen LogP contribution in [0.5, 0.6) is 5.88 Å². The smallest absolute Gasteiger partial charge is 0.417 e. The van der Waals surface area contributed by atoms with Crippen molar-refractivity contribution in [2.45, 2.75) is 18.9 Å². The van der Waals surface area contributed by atoms with Gasteiger partial charge >= 0.3 is 18.0 Å². The number of pyridine rings is 1. The summed E-state index contributed by atoms with van der Waals surface area (Å²) in [6.07, 6.45) is -7.91. The van der Waals surface area contributed by atoms with Gasteiger partial charge in [0.05, 0.1) is 21.8 Å². The molecule has 35 heavy (non-hydrogen) atoms. The summed E-state index contributed by atoms with van der Waals surface area (Å²) >= 11 is 5.79. The van der Waals surface area contributed by atoms with E-state index in [0.717, 1.165) is 24.4 Å². The lowest BCUT2D eigenvalue weighted by atomic mass is 10.2. The lowest BCUT2D eigenvalue weighted by molar-refractivity contribution is -0.138. The highest BCUT2D eigenvalue weighted by atomic mass is 35.5. The quantitative estimate of drug-likeness (QED) is 0.333. The first-order valence-corrected chi connectivity index (χ1v) is 9.89. The van der Waals surface area contributed by atoms with E-state index in [4.69, 9.17) is 11.6 Å². The Kier molecular flexibility index (Phi) is 7.24. The summed E-state index contributed by atoms with van der Waals surface area (Å²) in [7, 11) is 0. The van der Waals surface area contributed by atoms with Gasteiger partial charge < -0.3 is 10.4 Å². The summed E-state index contributed by atoms with van der Waals surface area (Å²) in [5, 5.41) is 12.6. The van der Waals surface area contributed by atoms with E-state index in [0.29, 0.717) is 16.8 Å². The molecule has 3 rings (SSSR count). The molecule has 0 aliphatic rings. The van der Waals surface area contributed by atoms with Gasteiger partial charge in [0, 0.05) is 25.5 Å². The number of aliphatic imine (C=N–C) groups is 1. The molecule has 0 atom stereocenters. The molecule has 0 saturated carbocycles. The van der Waals surface area contributed by atoms with Gasteiger partial charge in [-0.25, -0.2) is 9.78 Å². The Bertz CT molecular complexity index is 1380. The fraction of sp³-hybridized carbons (Fsp3) is 0.200.